The fourth-order valence-corrected chi connectivity index (χ4v) is 5.23. The number of halogens is 2. The van der Waals surface area contributed by atoms with Crippen LogP contribution in [0.5, 0.6) is 0 Å². The van der Waals surface area contributed by atoms with Gasteiger partial charge in [-0.05, 0) is 73.5 Å². The van der Waals surface area contributed by atoms with Gasteiger partial charge in [0, 0.05) is 24.3 Å². The lowest BCUT2D eigenvalue weighted by Gasteiger charge is -2.17. The van der Waals surface area contributed by atoms with Crippen molar-refractivity contribution in [2.75, 3.05) is 31.5 Å². The van der Waals surface area contributed by atoms with Crippen molar-refractivity contribution in [3.8, 4) is 0 Å². The first-order chi connectivity index (χ1) is 12.9. The van der Waals surface area contributed by atoms with Crippen LogP contribution in [0.15, 0.2) is 53.4 Å². The molecule has 0 bridgehead atoms. The van der Waals surface area contributed by atoms with Gasteiger partial charge in [0.05, 0.1) is 4.90 Å². The Hall–Kier alpha value is -2.00. The normalized spacial score (nSPS) is 21.8. The number of carbonyl (C=O) groups excluding carboxylic acids is 1. The number of nitrogens with one attached hydrogen (secondary N) is 2. The average molecular weight is 426 g/mol. The van der Waals surface area contributed by atoms with E-state index in [4.69, 9.17) is 0 Å². The lowest BCUT2D eigenvalue weighted by molar-refractivity contribution is 0.102. The summed E-state index contributed by atoms with van der Waals surface area (Å²) in [4.78, 5) is 12.4. The second-order valence-corrected chi connectivity index (χ2v) is 8.92. The van der Waals surface area contributed by atoms with E-state index in [0.29, 0.717) is 36.2 Å². The van der Waals surface area contributed by atoms with E-state index in [0.717, 1.165) is 13.1 Å². The Morgan fingerprint density at radius 1 is 1.00 bits per heavy atom. The van der Waals surface area contributed by atoms with Crippen LogP contribution >= 0.6 is 12.4 Å². The van der Waals surface area contributed by atoms with Gasteiger partial charge in [0.25, 0.3) is 5.91 Å². The summed E-state index contributed by atoms with van der Waals surface area (Å²) in [7, 11) is -3.53. The van der Waals surface area contributed by atoms with E-state index in [1.165, 1.54) is 36.4 Å². The molecule has 150 valence electrons. The van der Waals surface area contributed by atoms with Crippen molar-refractivity contribution in [2.24, 2.45) is 11.8 Å². The highest BCUT2D eigenvalue weighted by Gasteiger charge is 2.41. The van der Waals surface area contributed by atoms with Gasteiger partial charge in [-0.1, -0.05) is 0 Å². The summed E-state index contributed by atoms with van der Waals surface area (Å²) in [5.41, 5.74) is 0.802. The number of hydrogen-bond donors (Lipinski definition) is 2. The molecule has 2 heterocycles. The van der Waals surface area contributed by atoms with Crippen molar-refractivity contribution < 1.29 is 17.6 Å². The van der Waals surface area contributed by atoms with E-state index in [1.807, 2.05) is 0 Å². The van der Waals surface area contributed by atoms with Crippen molar-refractivity contribution in [1.82, 2.24) is 9.62 Å². The first-order valence-electron chi connectivity index (χ1n) is 8.81. The van der Waals surface area contributed by atoms with Gasteiger partial charge in [0.2, 0.25) is 10.0 Å². The van der Waals surface area contributed by atoms with Crippen LogP contribution in [-0.2, 0) is 10.0 Å². The molecule has 2 aliphatic heterocycles. The van der Waals surface area contributed by atoms with E-state index < -0.39 is 15.8 Å². The van der Waals surface area contributed by atoms with E-state index in [1.54, 1.807) is 16.4 Å². The maximum absolute atomic E-state index is 12.9. The molecule has 2 atom stereocenters. The van der Waals surface area contributed by atoms with Crippen molar-refractivity contribution in [3.05, 3.63) is 59.9 Å². The second-order valence-electron chi connectivity index (χ2n) is 6.99. The topological polar surface area (TPSA) is 78.5 Å². The number of benzene rings is 2. The predicted molar refractivity (Wildman–Crippen MR) is 107 cm³/mol. The first-order valence-corrected chi connectivity index (χ1v) is 10.3. The zero-order valence-corrected chi connectivity index (χ0v) is 16.6. The molecular formula is C19H21ClFN3O3S. The largest absolute Gasteiger partial charge is 0.322 e. The van der Waals surface area contributed by atoms with Gasteiger partial charge in [-0.3, -0.25) is 4.79 Å². The van der Waals surface area contributed by atoms with E-state index >= 15 is 0 Å². The molecule has 0 unspecified atom stereocenters. The van der Waals surface area contributed by atoms with Crippen LogP contribution in [0.2, 0.25) is 0 Å². The Labute approximate surface area is 169 Å². The summed E-state index contributed by atoms with van der Waals surface area (Å²) in [5, 5.41) is 5.98. The van der Waals surface area contributed by atoms with Gasteiger partial charge in [-0.25, -0.2) is 12.8 Å². The van der Waals surface area contributed by atoms with E-state index in [9.17, 15) is 17.6 Å². The van der Waals surface area contributed by atoms with Crippen LogP contribution in [0, 0.1) is 17.7 Å². The van der Waals surface area contributed by atoms with Crippen molar-refractivity contribution in [2.45, 2.75) is 4.90 Å². The highest BCUT2D eigenvalue weighted by atomic mass is 35.5. The van der Waals surface area contributed by atoms with Gasteiger partial charge in [0.1, 0.15) is 5.82 Å². The SMILES string of the molecule is Cl.O=C(Nc1ccc(S(=O)(=O)N2C[C@H]3CNC[C@H]3C2)cc1)c1ccc(F)cc1. The maximum Gasteiger partial charge on any atom is 0.255 e. The quantitative estimate of drug-likeness (QED) is 0.788. The number of rotatable bonds is 4. The Morgan fingerprint density at radius 2 is 1.57 bits per heavy atom. The number of hydrogen-bond acceptors (Lipinski definition) is 4. The van der Waals surface area contributed by atoms with Crippen LogP contribution < -0.4 is 10.6 Å². The molecule has 1 amide bonds. The van der Waals surface area contributed by atoms with Gasteiger partial charge in [-0.15, -0.1) is 12.4 Å². The molecule has 0 spiro atoms. The molecule has 0 aliphatic carbocycles. The molecule has 0 radical (unpaired) electrons. The van der Waals surface area contributed by atoms with E-state index in [2.05, 4.69) is 10.6 Å². The molecule has 2 fully saturated rings. The smallest absolute Gasteiger partial charge is 0.255 e. The summed E-state index contributed by atoms with van der Waals surface area (Å²) >= 11 is 0. The molecule has 2 saturated heterocycles. The maximum atomic E-state index is 12.9. The van der Waals surface area contributed by atoms with Crippen LogP contribution in [0.25, 0.3) is 0 Å². The van der Waals surface area contributed by atoms with Crippen LogP contribution in [-0.4, -0.2) is 44.8 Å². The molecule has 9 heteroatoms. The lowest BCUT2D eigenvalue weighted by atomic mass is 10.0. The third kappa shape index (κ3) is 4.05. The van der Waals surface area contributed by atoms with Crippen LogP contribution in [0.3, 0.4) is 0 Å². The standard InChI is InChI=1S/C19H20FN3O3S.ClH/c20-16-3-1-13(2-4-16)19(24)22-17-5-7-18(8-6-17)27(25,26)23-11-14-9-21-10-15(14)12-23;/h1-8,14-15,21H,9-12H2,(H,22,24);1H/t14-,15+;. The number of fused-ring (bicyclic) bond motifs is 1. The number of sulfonamides is 1. The van der Waals surface area contributed by atoms with Crippen molar-refractivity contribution in [1.29, 1.82) is 0 Å². The third-order valence-corrected chi connectivity index (χ3v) is 7.06. The molecule has 0 aromatic heterocycles. The zero-order chi connectivity index (χ0) is 19.0. The number of carbonyl (C=O) groups is 1. The summed E-state index contributed by atoms with van der Waals surface area (Å²) < 4.78 is 40.2. The highest BCUT2D eigenvalue weighted by molar-refractivity contribution is 7.89. The van der Waals surface area contributed by atoms with Gasteiger partial charge < -0.3 is 10.6 Å². The molecule has 0 saturated carbocycles. The van der Waals surface area contributed by atoms with Crippen LogP contribution in [0.1, 0.15) is 10.4 Å². The zero-order valence-electron chi connectivity index (χ0n) is 15.0. The minimum absolute atomic E-state index is 0. The van der Waals surface area contributed by atoms with Gasteiger partial charge in [0.15, 0.2) is 0 Å². The van der Waals surface area contributed by atoms with Gasteiger partial charge >= 0.3 is 0 Å². The number of amides is 1. The van der Waals surface area contributed by atoms with Gasteiger partial charge in [-0.2, -0.15) is 4.31 Å². The van der Waals surface area contributed by atoms with Crippen molar-refractivity contribution in [3.63, 3.8) is 0 Å². The molecule has 2 aliphatic rings. The fourth-order valence-electron chi connectivity index (χ4n) is 3.67. The summed E-state index contributed by atoms with van der Waals surface area (Å²) in [6.45, 7) is 2.82. The minimum Gasteiger partial charge on any atom is -0.322 e. The molecule has 6 nitrogen and oxygen atoms in total. The molecule has 2 aromatic rings. The molecule has 2 aromatic carbocycles. The lowest BCUT2D eigenvalue weighted by Crippen LogP contribution is -2.31. The Bertz CT molecular complexity index is 939. The second kappa shape index (κ2) is 8.16. The summed E-state index contributed by atoms with van der Waals surface area (Å²) in [5.74, 6) is -0.0310. The Kier molecular flexibility index (Phi) is 6.04. The molecular weight excluding hydrogens is 405 g/mol. The number of anilines is 1. The van der Waals surface area contributed by atoms with E-state index in [-0.39, 0.29) is 23.2 Å². The fraction of sp³-hybridized carbons (Fsp3) is 0.316. The molecule has 2 N–H and O–H groups in total. The number of nitrogens with zero attached hydrogens (tertiary/aromatic N) is 1. The third-order valence-electron chi connectivity index (χ3n) is 5.21. The minimum atomic E-state index is -3.53. The summed E-state index contributed by atoms with van der Waals surface area (Å²) in [6, 6.07) is 11.3. The predicted octanol–water partition coefficient (Wildman–Crippen LogP) is 2.34. The van der Waals surface area contributed by atoms with Crippen molar-refractivity contribution >= 4 is 34.0 Å². The Balaban J connectivity index is 0.00000225. The van der Waals surface area contributed by atoms with Crippen LogP contribution in [0.4, 0.5) is 10.1 Å². The molecule has 28 heavy (non-hydrogen) atoms. The Morgan fingerprint density at radius 3 is 2.14 bits per heavy atom. The first kappa shape index (κ1) is 20.7. The highest BCUT2D eigenvalue weighted by Crippen LogP contribution is 2.31. The monoisotopic (exact) mass is 425 g/mol. The molecule has 4 rings (SSSR count). The average Bonchev–Trinajstić information content (AvgIpc) is 3.25. The summed E-state index contributed by atoms with van der Waals surface area (Å²) in [6.07, 6.45) is 0.